The third-order valence-corrected chi connectivity index (χ3v) is 11.3. The zero-order valence-electron chi connectivity index (χ0n) is 38.6. The van der Waals surface area contributed by atoms with E-state index in [-0.39, 0.29) is 11.8 Å². The first kappa shape index (κ1) is 51.7. The number of amides is 2. The van der Waals surface area contributed by atoms with Crippen LogP contribution in [-0.2, 0) is 0 Å². The van der Waals surface area contributed by atoms with Crippen molar-refractivity contribution in [1.29, 1.82) is 0 Å². The number of nitrogens with one attached hydrogen (secondary N) is 2. The third-order valence-electron chi connectivity index (χ3n) is 11.3. The summed E-state index contributed by atoms with van der Waals surface area (Å²) >= 11 is 0. The van der Waals surface area contributed by atoms with E-state index in [0.717, 1.165) is 25.7 Å². The Balaban J connectivity index is 1.57. The molecule has 0 saturated heterocycles. The number of nitrogens with zero attached hydrogens (tertiary/aromatic N) is 4. The van der Waals surface area contributed by atoms with Crippen molar-refractivity contribution in [2.45, 2.75) is 194 Å². The van der Waals surface area contributed by atoms with Crippen molar-refractivity contribution in [3.63, 3.8) is 0 Å². The molecule has 2 amide bonds. The summed E-state index contributed by atoms with van der Waals surface area (Å²) in [5.41, 5.74) is 7.50. The molecule has 0 atom stereocenters. The first-order chi connectivity index (χ1) is 30.6. The van der Waals surface area contributed by atoms with Crippen molar-refractivity contribution in [3.05, 3.63) is 83.4 Å². The number of carbonyl (C=O) groups is 2. The van der Waals surface area contributed by atoms with Crippen LogP contribution in [0.3, 0.4) is 0 Å². The molecule has 0 bridgehead atoms. The number of benzene rings is 1. The van der Waals surface area contributed by atoms with Crippen LogP contribution in [0.1, 0.15) is 225 Å². The highest BCUT2D eigenvalue weighted by atomic mass is 16.5. The van der Waals surface area contributed by atoms with Gasteiger partial charge in [0.15, 0.2) is 0 Å². The highest BCUT2D eigenvalue weighted by molar-refractivity contribution is 5.96. The molecular formula is C52H80N6O4. The van der Waals surface area contributed by atoms with Crippen LogP contribution in [0.2, 0.25) is 0 Å². The van der Waals surface area contributed by atoms with Crippen LogP contribution in [0.25, 0.3) is 0 Å². The highest BCUT2D eigenvalue weighted by Gasteiger charge is 2.13. The summed E-state index contributed by atoms with van der Waals surface area (Å²) in [7, 11) is 0. The number of pyridine rings is 2. The second-order valence-corrected chi connectivity index (χ2v) is 16.7. The Bertz CT molecular complexity index is 1510. The predicted molar refractivity (Wildman–Crippen MR) is 257 cm³/mol. The number of aromatic nitrogens is 2. The summed E-state index contributed by atoms with van der Waals surface area (Å²) in [6, 6.07) is 10.3. The van der Waals surface area contributed by atoms with E-state index < -0.39 is 0 Å². The molecular weight excluding hydrogens is 773 g/mol. The molecule has 0 spiro atoms. The van der Waals surface area contributed by atoms with Crippen LogP contribution in [0, 0.1) is 0 Å². The van der Waals surface area contributed by atoms with Gasteiger partial charge in [0.25, 0.3) is 11.8 Å². The van der Waals surface area contributed by atoms with Gasteiger partial charge < -0.3 is 9.47 Å². The fourth-order valence-electron chi connectivity index (χ4n) is 7.46. The Morgan fingerprint density at radius 3 is 1.02 bits per heavy atom. The molecule has 62 heavy (non-hydrogen) atoms. The predicted octanol–water partition coefficient (Wildman–Crippen LogP) is 13.7. The molecule has 2 heterocycles. The summed E-state index contributed by atoms with van der Waals surface area (Å²) in [5, 5.41) is 8.58. The standard InChI is InChI=1S/C52H80N6O4/c1-3-5-7-9-11-13-15-17-19-21-23-25-27-29-39-61-49-41-48(44-56-58-52(60)46-33-37-54-38-34-46)50(42-47(49)43-55-57-51(59)45-31-35-53-36-32-45)62-40-30-28-26-24-22-20-18-16-14-12-10-8-6-4-2/h31-38,41-44H,3-30,39-40H2,1-2H3,(H,57,59)(H,58,60)/b55-43+,56-44+. The quantitative estimate of drug-likeness (QED) is 0.0336. The van der Waals surface area contributed by atoms with E-state index in [0.29, 0.717) is 47.0 Å². The molecule has 3 aromatic rings. The Hall–Kier alpha value is -4.60. The topological polar surface area (TPSA) is 127 Å². The normalized spacial score (nSPS) is 11.4. The number of carbonyl (C=O) groups excluding carboxylic acids is 2. The highest BCUT2D eigenvalue weighted by Crippen LogP contribution is 2.28. The monoisotopic (exact) mass is 853 g/mol. The molecule has 1 aromatic carbocycles. The minimum absolute atomic E-state index is 0.337. The fourth-order valence-corrected chi connectivity index (χ4v) is 7.46. The molecule has 3 rings (SSSR count). The van der Waals surface area contributed by atoms with Gasteiger partial charge in [0.1, 0.15) is 11.5 Å². The zero-order valence-corrected chi connectivity index (χ0v) is 38.6. The molecule has 0 aliphatic heterocycles. The lowest BCUT2D eigenvalue weighted by Gasteiger charge is -2.15. The largest absolute Gasteiger partial charge is 0.493 e. The third kappa shape index (κ3) is 24.7. The van der Waals surface area contributed by atoms with E-state index in [2.05, 4.69) is 44.9 Å². The zero-order chi connectivity index (χ0) is 44.0. The summed E-state index contributed by atoms with van der Waals surface area (Å²) in [6.07, 6.45) is 45.6. The Morgan fingerprint density at radius 1 is 0.452 bits per heavy atom. The lowest BCUT2D eigenvalue weighted by Crippen LogP contribution is -2.18. The second kappa shape index (κ2) is 35.9. The number of ether oxygens (including phenoxy) is 2. The lowest BCUT2D eigenvalue weighted by molar-refractivity contribution is 0.0947. The van der Waals surface area contributed by atoms with Crippen LogP contribution >= 0.6 is 0 Å². The SMILES string of the molecule is CCCCCCCCCCCCCCCCOc1cc(/C=N/NC(=O)c2ccncc2)c(OCCCCCCCCCCCCCCCC)cc1/C=N/NC(=O)c1ccncc1. The van der Waals surface area contributed by atoms with Crippen molar-refractivity contribution >= 4 is 24.2 Å². The first-order valence-corrected chi connectivity index (χ1v) is 24.5. The first-order valence-electron chi connectivity index (χ1n) is 24.5. The van der Waals surface area contributed by atoms with E-state index in [1.54, 1.807) is 61.5 Å². The van der Waals surface area contributed by atoms with Crippen LogP contribution < -0.4 is 20.3 Å². The van der Waals surface area contributed by atoms with Crippen molar-refractivity contribution in [2.24, 2.45) is 10.2 Å². The number of hydrazone groups is 2. The van der Waals surface area contributed by atoms with E-state index in [9.17, 15) is 9.59 Å². The van der Waals surface area contributed by atoms with Gasteiger partial charge in [-0.15, -0.1) is 0 Å². The summed E-state index contributed by atoms with van der Waals surface area (Å²) in [6.45, 7) is 5.62. The molecule has 10 heteroatoms. The summed E-state index contributed by atoms with van der Waals surface area (Å²) in [5.74, 6) is 0.507. The van der Waals surface area contributed by atoms with E-state index >= 15 is 0 Å². The molecule has 0 fully saturated rings. The minimum atomic E-state index is -0.337. The van der Waals surface area contributed by atoms with Crippen LogP contribution in [0.5, 0.6) is 11.5 Å². The smallest absolute Gasteiger partial charge is 0.271 e. The molecule has 2 N–H and O–H groups in total. The second-order valence-electron chi connectivity index (χ2n) is 16.7. The van der Waals surface area contributed by atoms with Crippen molar-refractivity contribution in [1.82, 2.24) is 20.8 Å². The number of unbranched alkanes of at least 4 members (excludes halogenated alkanes) is 26. The van der Waals surface area contributed by atoms with Crippen molar-refractivity contribution in [3.8, 4) is 11.5 Å². The van der Waals surface area contributed by atoms with Gasteiger partial charge in [0.05, 0.1) is 25.6 Å². The molecule has 0 aliphatic rings. The maximum absolute atomic E-state index is 12.7. The maximum Gasteiger partial charge on any atom is 0.271 e. The molecule has 0 aliphatic carbocycles. The minimum Gasteiger partial charge on any atom is -0.493 e. The Kier molecular flexibility index (Phi) is 30.0. The average Bonchev–Trinajstić information content (AvgIpc) is 3.30. The van der Waals surface area contributed by atoms with E-state index in [1.165, 1.54) is 154 Å². The van der Waals surface area contributed by atoms with E-state index in [1.807, 2.05) is 12.1 Å². The Morgan fingerprint density at radius 2 is 0.726 bits per heavy atom. The van der Waals surface area contributed by atoms with Crippen LogP contribution in [0.15, 0.2) is 71.4 Å². The molecule has 0 radical (unpaired) electrons. The van der Waals surface area contributed by atoms with Crippen LogP contribution in [0.4, 0.5) is 0 Å². The molecule has 0 unspecified atom stereocenters. The maximum atomic E-state index is 12.7. The van der Waals surface area contributed by atoms with Gasteiger partial charge in [-0.1, -0.05) is 181 Å². The molecule has 10 nitrogen and oxygen atoms in total. The van der Waals surface area contributed by atoms with Gasteiger partial charge in [-0.05, 0) is 49.2 Å². The van der Waals surface area contributed by atoms with Crippen molar-refractivity contribution < 1.29 is 19.1 Å². The lowest BCUT2D eigenvalue weighted by atomic mass is 10.0. The molecule has 342 valence electrons. The van der Waals surface area contributed by atoms with Gasteiger partial charge in [-0.25, -0.2) is 10.9 Å². The number of hydrogen-bond acceptors (Lipinski definition) is 8. The van der Waals surface area contributed by atoms with Gasteiger partial charge in [0.2, 0.25) is 0 Å². The average molecular weight is 853 g/mol. The molecule has 2 aromatic heterocycles. The van der Waals surface area contributed by atoms with Gasteiger partial charge >= 0.3 is 0 Å². The Labute approximate surface area is 375 Å². The van der Waals surface area contributed by atoms with Crippen LogP contribution in [-0.4, -0.2) is 47.4 Å². The summed E-state index contributed by atoms with van der Waals surface area (Å²) in [4.78, 5) is 33.5. The van der Waals surface area contributed by atoms with E-state index in [4.69, 9.17) is 9.47 Å². The number of rotatable bonds is 38. The number of hydrogen-bond donors (Lipinski definition) is 2. The summed E-state index contributed by atoms with van der Waals surface area (Å²) < 4.78 is 12.8. The molecule has 0 saturated carbocycles. The van der Waals surface area contributed by atoms with Gasteiger partial charge in [-0.2, -0.15) is 10.2 Å². The van der Waals surface area contributed by atoms with Crippen molar-refractivity contribution in [2.75, 3.05) is 13.2 Å². The van der Waals surface area contributed by atoms with Gasteiger partial charge in [0, 0.05) is 47.0 Å². The fraction of sp³-hybridized carbons (Fsp3) is 0.615. The van der Waals surface area contributed by atoms with Gasteiger partial charge in [-0.3, -0.25) is 19.6 Å².